The molecule has 26 heavy (non-hydrogen) atoms. The van der Waals surface area contributed by atoms with E-state index in [1.165, 1.54) is 70.6 Å². The lowest BCUT2D eigenvalue weighted by Gasteiger charge is -2.36. The number of unbranched alkanes of at least 4 members (excludes halogenated alkanes) is 5. The molecule has 4 nitrogen and oxygen atoms in total. The summed E-state index contributed by atoms with van der Waals surface area (Å²) in [5, 5.41) is 3.75. The van der Waals surface area contributed by atoms with Gasteiger partial charge < -0.3 is 19.5 Å². The van der Waals surface area contributed by atoms with Crippen LogP contribution >= 0.6 is 0 Å². The van der Waals surface area contributed by atoms with Crippen molar-refractivity contribution in [2.75, 3.05) is 27.9 Å². The van der Waals surface area contributed by atoms with Gasteiger partial charge in [0.15, 0.2) is 0 Å². The average Bonchev–Trinajstić information content (AvgIpc) is 2.69. The van der Waals surface area contributed by atoms with Gasteiger partial charge in [-0.25, -0.2) is 0 Å². The maximum atomic E-state index is 5.68. The third-order valence-electron chi connectivity index (χ3n) is 6.03. The minimum absolute atomic E-state index is 0.279. The predicted molar refractivity (Wildman–Crippen MR) is 109 cm³/mol. The monoisotopic (exact) mass is 371 g/mol. The zero-order chi connectivity index (χ0) is 19.1. The molecule has 1 aliphatic rings. The lowest BCUT2D eigenvalue weighted by atomic mass is 9.92. The zero-order valence-corrected chi connectivity index (χ0v) is 18.0. The number of rotatable bonds is 16. The Labute approximate surface area is 162 Å². The van der Waals surface area contributed by atoms with Crippen molar-refractivity contribution < 1.29 is 14.2 Å². The Hall–Kier alpha value is -0.160. The van der Waals surface area contributed by atoms with Crippen LogP contribution in [0.25, 0.3) is 0 Å². The quantitative estimate of drug-likeness (QED) is 0.281. The van der Waals surface area contributed by atoms with Crippen LogP contribution in [0.3, 0.4) is 0 Å². The second-order valence-corrected chi connectivity index (χ2v) is 7.90. The Morgan fingerprint density at radius 3 is 2.00 bits per heavy atom. The van der Waals surface area contributed by atoms with E-state index in [-0.39, 0.29) is 5.92 Å². The van der Waals surface area contributed by atoms with Gasteiger partial charge in [-0.05, 0) is 38.6 Å². The molecule has 0 aliphatic heterocycles. The molecule has 0 bridgehead atoms. The van der Waals surface area contributed by atoms with Crippen LogP contribution in [0.15, 0.2) is 0 Å². The summed E-state index contributed by atoms with van der Waals surface area (Å²) in [6.45, 7) is 3.35. The molecule has 1 N–H and O–H groups in total. The minimum atomic E-state index is -0.895. The number of methoxy groups -OCH3 is 3. The third-order valence-corrected chi connectivity index (χ3v) is 6.03. The van der Waals surface area contributed by atoms with Crippen molar-refractivity contribution in [2.24, 2.45) is 5.92 Å². The van der Waals surface area contributed by atoms with Gasteiger partial charge in [0.05, 0.1) is 0 Å². The van der Waals surface area contributed by atoms with E-state index in [1.54, 1.807) is 21.3 Å². The normalized spacial score (nSPS) is 17.5. The lowest BCUT2D eigenvalue weighted by molar-refractivity contribution is -0.380. The van der Waals surface area contributed by atoms with E-state index in [9.17, 15) is 0 Å². The average molecular weight is 372 g/mol. The van der Waals surface area contributed by atoms with Gasteiger partial charge in [0.25, 0.3) is 5.97 Å². The predicted octanol–water partition coefficient (Wildman–Crippen LogP) is 5.65. The van der Waals surface area contributed by atoms with Crippen LogP contribution in [0.1, 0.15) is 96.8 Å². The molecular formula is C22H45NO3. The van der Waals surface area contributed by atoms with E-state index in [1.807, 2.05) is 0 Å². The molecular weight excluding hydrogens is 326 g/mol. The maximum Gasteiger partial charge on any atom is 0.285 e. The third kappa shape index (κ3) is 8.69. The molecule has 4 heteroatoms. The molecule has 0 aromatic rings. The summed E-state index contributed by atoms with van der Waals surface area (Å²) in [5.74, 6) is -0.615. The molecule has 0 aromatic carbocycles. The first kappa shape index (κ1) is 23.9. The molecule has 156 valence electrons. The first-order valence-electron chi connectivity index (χ1n) is 11.1. The van der Waals surface area contributed by atoms with Crippen molar-refractivity contribution >= 4 is 0 Å². The van der Waals surface area contributed by atoms with Crippen LogP contribution in [-0.4, -0.2) is 39.9 Å². The van der Waals surface area contributed by atoms with E-state index in [0.29, 0.717) is 0 Å². The van der Waals surface area contributed by atoms with Gasteiger partial charge >= 0.3 is 0 Å². The lowest BCUT2D eigenvalue weighted by Crippen LogP contribution is -2.44. The number of ether oxygens (including phenoxy) is 3. The molecule has 0 saturated heterocycles. The van der Waals surface area contributed by atoms with Gasteiger partial charge in [-0.2, -0.15) is 0 Å². The van der Waals surface area contributed by atoms with Gasteiger partial charge in [0, 0.05) is 33.3 Å². The first-order valence-corrected chi connectivity index (χ1v) is 11.1. The van der Waals surface area contributed by atoms with Crippen molar-refractivity contribution in [2.45, 2.75) is 109 Å². The molecule has 1 aliphatic carbocycles. The van der Waals surface area contributed by atoms with Gasteiger partial charge in [-0.3, -0.25) is 0 Å². The fraction of sp³-hybridized carbons (Fsp3) is 1.00. The smallest absolute Gasteiger partial charge is 0.285 e. The maximum absolute atomic E-state index is 5.68. The highest BCUT2D eigenvalue weighted by Crippen LogP contribution is 2.32. The van der Waals surface area contributed by atoms with Gasteiger partial charge in [0.1, 0.15) is 0 Å². The Morgan fingerprint density at radius 2 is 1.38 bits per heavy atom. The highest BCUT2D eigenvalue weighted by molar-refractivity contribution is 4.75. The number of nitrogens with one attached hydrogen (secondary N) is 1. The first-order chi connectivity index (χ1) is 12.7. The van der Waals surface area contributed by atoms with E-state index in [4.69, 9.17) is 14.2 Å². The van der Waals surface area contributed by atoms with Crippen molar-refractivity contribution in [3.05, 3.63) is 0 Å². The Morgan fingerprint density at radius 1 is 0.808 bits per heavy atom. The fourth-order valence-corrected chi connectivity index (χ4v) is 4.38. The molecule has 1 saturated carbocycles. The van der Waals surface area contributed by atoms with Gasteiger partial charge in [-0.15, -0.1) is 0 Å². The second kappa shape index (κ2) is 14.8. The topological polar surface area (TPSA) is 39.7 Å². The van der Waals surface area contributed by atoms with E-state index >= 15 is 0 Å². The van der Waals surface area contributed by atoms with Crippen LogP contribution in [-0.2, 0) is 14.2 Å². The molecule has 0 amide bonds. The minimum Gasteiger partial charge on any atom is -0.331 e. The van der Waals surface area contributed by atoms with E-state index in [2.05, 4.69) is 12.2 Å². The van der Waals surface area contributed by atoms with E-state index < -0.39 is 5.97 Å². The van der Waals surface area contributed by atoms with Gasteiger partial charge in [0.2, 0.25) is 0 Å². The summed E-state index contributed by atoms with van der Waals surface area (Å²) < 4.78 is 17.0. The van der Waals surface area contributed by atoms with Crippen LogP contribution in [0.4, 0.5) is 0 Å². The molecule has 0 radical (unpaired) electrons. The molecule has 0 spiro atoms. The van der Waals surface area contributed by atoms with E-state index in [0.717, 1.165) is 31.8 Å². The Balaban J connectivity index is 2.38. The zero-order valence-electron chi connectivity index (χ0n) is 18.0. The summed E-state index contributed by atoms with van der Waals surface area (Å²) in [6, 6.07) is 0.734. The Kier molecular flexibility index (Phi) is 13.6. The van der Waals surface area contributed by atoms with Crippen LogP contribution in [0.5, 0.6) is 0 Å². The molecule has 0 heterocycles. The number of hydrogen-bond donors (Lipinski definition) is 1. The van der Waals surface area contributed by atoms with Crippen molar-refractivity contribution in [1.29, 1.82) is 0 Å². The van der Waals surface area contributed by atoms with Crippen LogP contribution in [0, 0.1) is 5.92 Å². The molecule has 1 atom stereocenters. The van der Waals surface area contributed by atoms with Crippen molar-refractivity contribution in [3.8, 4) is 0 Å². The number of hydrogen-bond acceptors (Lipinski definition) is 4. The summed E-state index contributed by atoms with van der Waals surface area (Å²) in [6.07, 6.45) is 18.1. The summed E-state index contributed by atoms with van der Waals surface area (Å²) >= 11 is 0. The molecule has 1 rings (SSSR count). The highest BCUT2D eigenvalue weighted by Gasteiger charge is 2.39. The molecule has 1 fully saturated rings. The largest absolute Gasteiger partial charge is 0.331 e. The SMILES string of the molecule is CCCCCCCCC(CCCNC1CCCCC1)C(OC)(OC)OC. The second-order valence-electron chi connectivity index (χ2n) is 7.90. The molecule has 0 aromatic heterocycles. The Bertz CT molecular complexity index is 306. The highest BCUT2D eigenvalue weighted by atomic mass is 16.9. The summed E-state index contributed by atoms with van der Waals surface area (Å²) in [7, 11) is 5.09. The van der Waals surface area contributed by atoms with Crippen LogP contribution in [0.2, 0.25) is 0 Å². The summed E-state index contributed by atoms with van der Waals surface area (Å²) in [5.41, 5.74) is 0. The molecule has 1 unspecified atom stereocenters. The standard InChI is InChI=1S/C22H45NO3/c1-5-6-7-8-9-11-15-20(22(24-2,25-3)26-4)16-14-19-23-21-17-12-10-13-18-21/h20-21,23H,5-19H2,1-4H3. The van der Waals surface area contributed by atoms with Crippen molar-refractivity contribution in [3.63, 3.8) is 0 Å². The van der Waals surface area contributed by atoms with Crippen molar-refractivity contribution in [1.82, 2.24) is 5.32 Å². The van der Waals surface area contributed by atoms with Crippen LogP contribution < -0.4 is 5.32 Å². The van der Waals surface area contributed by atoms with Gasteiger partial charge in [-0.1, -0.05) is 64.7 Å². The fourth-order valence-electron chi connectivity index (χ4n) is 4.38. The summed E-state index contributed by atoms with van der Waals surface area (Å²) in [4.78, 5) is 0.